The molecule has 0 saturated heterocycles. The molecule has 0 aliphatic carbocycles. The third kappa shape index (κ3) is 6.14. The lowest BCUT2D eigenvalue weighted by Crippen LogP contribution is -1.98. The van der Waals surface area contributed by atoms with E-state index in [2.05, 4.69) is 22.1 Å². The van der Waals surface area contributed by atoms with Crippen LogP contribution in [0.3, 0.4) is 0 Å². The van der Waals surface area contributed by atoms with Crippen molar-refractivity contribution in [3.05, 3.63) is 130 Å². The lowest BCUT2D eigenvalue weighted by molar-refractivity contribution is 0.0697. The largest absolute Gasteiger partial charge is 0.489 e. The molecule has 5 rings (SSSR count). The number of hydrogen-bond acceptors (Lipinski definition) is 3. The molecular weight excluding hydrogens is 519 g/mol. The number of nitrogens with one attached hydrogen (secondary N) is 1. The molecule has 0 aliphatic rings. The van der Waals surface area contributed by atoms with Gasteiger partial charge in [-0.3, -0.25) is 0 Å². The van der Waals surface area contributed by atoms with Crippen LogP contribution in [-0.4, -0.2) is 21.0 Å². The number of H-pyrrole nitrogens is 1. The highest BCUT2D eigenvalue weighted by atomic mass is 35.5. The Bertz CT molecular complexity index is 1610. The lowest BCUT2D eigenvalue weighted by Gasteiger charge is -2.08. The fourth-order valence-corrected chi connectivity index (χ4v) is 4.41. The second kappa shape index (κ2) is 11.4. The molecule has 1 aromatic heterocycles. The number of aromatic nitrogens is 2. The predicted molar refractivity (Wildman–Crippen MR) is 153 cm³/mol. The molecular formula is C31H22Cl2N2O3. The SMILES string of the molecule is O=C(O)c1ccc(COc2ccc(-c3cccc(/C=C/c4nc(-c5ccc(Cl)cc5Cl)c[nH]4)c3)cc2)cc1. The van der Waals surface area contributed by atoms with E-state index >= 15 is 0 Å². The van der Waals surface area contributed by atoms with Crippen molar-refractivity contribution in [2.75, 3.05) is 0 Å². The number of carboxylic acid groups (broad SMARTS) is 1. The van der Waals surface area contributed by atoms with Gasteiger partial charge in [0.25, 0.3) is 0 Å². The van der Waals surface area contributed by atoms with Gasteiger partial charge in [0, 0.05) is 16.8 Å². The van der Waals surface area contributed by atoms with Crippen molar-refractivity contribution in [1.82, 2.24) is 9.97 Å². The maximum atomic E-state index is 11.0. The molecule has 7 heteroatoms. The Morgan fingerprint density at radius 3 is 2.42 bits per heavy atom. The maximum absolute atomic E-state index is 11.0. The number of ether oxygens (including phenoxy) is 1. The van der Waals surface area contributed by atoms with Gasteiger partial charge in [-0.1, -0.05) is 71.7 Å². The van der Waals surface area contributed by atoms with Crippen molar-refractivity contribution in [2.45, 2.75) is 6.61 Å². The highest BCUT2D eigenvalue weighted by molar-refractivity contribution is 6.36. The molecule has 0 spiro atoms. The molecule has 188 valence electrons. The topological polar surface area (TPSA) is 75.2 Å². The summed E-state index contributed by atoms with van der Waals surface area (Å²) in [5.74, 6) is 0.513. The molecule has 2 N–H and O–H groups in total. The Labute approximate surface area is 230 Å². The summed E-state index contributed by atoms with van der Waals surface area (Å²) in [7, 11) is 0. The summed E-state index contributed by atoms with van der Waals surface area (Å²) >= 11 is 12.3. The van der Waals surface area contributed by atoms with Crippen LogP contribution < -0.4 is 4.74 Å². The summed E-state index contributed by atoms with van der Waals surface area (Å²) in [5.41, 5.74) is 5.91. The van der Waals surface area contributed by atoms with Crippen LogP contribution in [0.4, 0.5) is 0 Å². The van der Waals surface area contributed by atoms with Crippen LogP contribution in [0.2, 0.25) is 10.0 Å². The first-order chi connectivity index (χ1) is 18.4. The smallest absolute Gasteiger partial charge is 0.335 e. The molecule has 38 heavy (non-hydrogen) atoms. The number of carbonyl (C=O) groups is 1. The Hall–Kier alpha value is -4.32. The molecule has 0 fully saturated rings. The van der Waals surface area contributed by atoms with Crippen LogP contribution in [0.15, 0.2) is 97.2 Å². The minimum absolute atomic E-state index is 0.256. The van der Waals surface area contributed by atoms with Crippen molar-refractivity contribution >= 4 is 41.3 Å². The van der Waals surface area contributed by atoms with Gasteiger partial charge >= 0.3 is 5.97 Å². The third-order valence-electron chi connectivity index (χ3n) is 5.92. The summed E-state index contributed by atoms with van der Waals surface area (Å²) in [6, 6.07) is 28.1. The van der Waals surface area contributed by atoms with Crippen LogP contribution in [0, 0.1) is 0 Å². The summed E-state index contributed by atoms with van der Waals surface area (Å²) in [4.78, 5) is 18.8. The number of halogens is 2. The molecule has 0 aliphatic heterocycles. The van der Waals surface area contributed by atoms with E-state index in [9.17, 15) is 4.79 Å². The zero-order valence-corrected chi connectivity index (χ0v) is 21.6. The third-order valence-corrected chi connectivity index (χ3v) is 6.47. The molecule has 0 unspecified atom stereocenters. The number of rotatable bonds is 8. The van der Waals surface area contributed by atoms with Crippen LogP contribution in [0.25, 0.3) is 34.5 Å². The average Bonchev–Trinajstić information content (AvgIpc) is 3.40. The molecule has 0 radical (unpaired) electrons. The molecule has 4 aromatic carbocycles. The Morgan fingerprint density at radius 1 is 0.895 bits per heavy atom. The van der Waals surface area contributed by atoms with Crippen molar-refractivity contribution in [1.29, 1.82) is 0 Å². The van der Waals surface area contributed by atoms with E-state index in [4.69, 9.17) is 33.0 Å². The van der Waals surface area contributed by atoms with Crippen LogP contribution >= 0.6 is 23.2 Å². The van der Waals surface area contributed by atoms with E-state index in [1.54, 1.807) is 36.4 Å². The molecule has 0 saturated carbocycles. The monoisotopic (exact) mass is 540 g/mol. The van der Waals surface area contributed by atoms with E-state index in [1.807, 2.05) is 60.8 Å². The standard InChI is InChI=1S/C31H22Cl2N2O3/c32-25-11-14-27(28(33)17-25)29-18-34-30(35-29)15-6-20-2-1-3-24(16-20)22-9-12-26(13-10-22)38-19-21-4-7-23(8-5-21)31(36)37/h1-18H,19H2,(H,34,35)(H,36,37)/b15-6+. The quantitative estimate of drug-likeness (QED) is 0.207. The van der Waals surface area contributed by atoms with Crippen molar-refractivity contribution in [2.24, 2.45) is 0 Å². The summed E-state index contributed by atoms with van der Waals surface area (Å²) in [5, 5.41) is 10.2. The van der Waals surface area contributed by atoms with E-state index in [0.29, 0.717) is 16.7 Å². The minimum Gasteiger partial charge on any atom is -0.489 e. The average molecular weight is 541 g/mol. The highest BCUT2D eigenvalue weighted by Gasteiger charge is 2.08. The molecule has 5 aromatic rings. The van der Waals surface area contributed by atoms with Gasteiger partial charge in [-0.25, -0.2) is 9.78 Å². The van der Waals surface area contributed by atoms with Gasteiger partial charge < -0.3 is 14.8 Å². The lowest BCUT2D eigenvalue weighted by atomic mass is 10.0. The molecule has 5 nitrogen and oxygen atoms in total. The van der Waals surface area contributed by atoms with Gasteiger partial charge in [0.15, 0.2) is 0 Å². The Balaban J connectivity index is 1.23. The van der Waals surface area contributed by atoms with Crippen molar-refractivity contribution in [3.8, 4) is 28.1 Å². The van der Waals surface area contributed by atoms with Gasteiger partial charge in [-0.05, 0) is 76.9 Å². The minimum atomic E-state index is -0.942. The summed E-state index contributed by atoms with van der Waals surface area (Å²) in [6.07, 6.45) is 5.75. The molecule has 0 bridgehead atoms. The zero-order chi connectivity index (χ0) is 26.5. The molecule has 0 atom stereocenters. The number of nitrogens with zero attached hydrogens (tertiary/aromatic N) is 1. The van der Waals surface area contributed by atoms with Crippen molar-refractivity contribution in [3.63, 3.8) is 0 Å². The van der Waals surface area contributed by atoms with Gasteiger partial charge in [-0.2, -0.15) is 0 Å². The fraction of sp³-hybridized carbons (Fsp3) is 0.0323. The van der Waals surface area contributed by atoms with E-state index in [0.717, 1.165) is 45.1 Å². The van der Waals surface area contributed by atoms with Crippen molar-refractivity contribution < 1.29 is 14.6 Å². The number of imidazole rings is 1. The van der Waals surface area contributed by atoms with E-state index in [-0.39, 0.29) is 5.56 Å². The van der Waals surface area contributed by atoms with E-state index in [1.165, 1.54) is 0 Å². The molecule has 0 amide bonds. The summed E-state index contributed by atoms with van der Waals surface area (Å²) in [6.45, 7) is 0.359. The maximum Gasteiger partial charge on any atom is 0.335 e. The van der Waals surface area contributed by atoms with Gasteiger partial charge in [-0.15, -0.1) is 0 Å². The number of benzene rings is 4. The highest BCUT2D eigenvalue weighted by Crippen LogP contribution is 2.29. The summed E-state index contributed by atoms with van der Waals surface area (Å²) < 4.78 is 5.86. The number of hydrogen-bond donors (Lipinski definition) is 2. The van der Waals surface area contributed by atoms with Gasteiger partial charge in [0.2, 0.25) is 0 Å². The van der Waals surface area contributed by atoms with Crippen LogP contribution in [0.5, 0.6) is 5.75 Å². The first-order valence-electron chi connectivity index (χ1n) is 11.8. The normalized spacial score (nSPS) is 11.1. The fourth-order valence-electron chi connectivity index (χ4n) is 3.91. The first kappa shape index (κ1) is 25.3. The first-order valence-corrected chi connectivity index (χ1v) is 12.5. The van der Waals surface area contributed by atoms with Crippen LogP contribution in [-0.2, 0) is 6.61 Å². The van der Waals surface area contributed by atoms with Gasteiger partial charge in [0.05, 0.1) is 16.3 Å². The van der Waals surface area contributed by atoms with Gasteiger partial charge in [0.1, 0.15) is 18.2 Å². The number of carboxylic acids is 1. The zero-order valence-electron chi connectivity index (χ0n) is 20.1. The second-order valence-corrected chi connectivity index (χ2v) is 9.41. The number of aromatic amines is 1. The Morgan fingerprint density at radius 2 is 1.68 bits per heavy atom. The predicted octanol–water partition coefficient (Wildman–Crippen LogP) is 8.50. The van der Waals surface area contributed by atoms with Crippen LogP contribution in [0.1, 0.15) is 27.3 Å². The Kier molecular flexibility index (Phi) is 7.59. The second-order valence-electron chi connectivity index (χ2n) is 8.57. The van der Waals surface area contributed by atoms with E-state index < -0.39 is 5.97 Å². The molecule has 1 heterocycles. The number of aromatic carboxylic acids is 1.